The van der Waals surface area contributed by atoms with E-state index in [0.29, 0.717) is 11.3 Å². The minimum Gasteiger partial charge on any atom is -0.484 e. The number of carbonyl (C=O) groups is 1. The molecule has 0 saturated heterocycles. The lowest BCUT2D eigenvalue weighted by Crippen LogP contribution is -2.37. The van der Waals surface area contributed by atoms with E-state index in [9.17, 15) is 9.59 Å². The molecule has 5 nitrogen and oxygen atoms in total. The fraction of sp³-hybridized carbons (Fsp3) is 0.375. The fourth-order valence-corrected chi connectivity index (χ4v) is 1.90. The molecule has 0 N–H and O–H groups in total. The van der Waals surface area contributed by atoms with Gasteiger partial charge in [0.05, 0.1) is 0 Å². The van der Waals surface area contributed by atoms with Crippen LogP contribution in [0.4, 0.5) is 0 Å². The predicted molar refractivity (Wildman–Crippen MR) is 80.5 cm³/mol. The molecule has 2 aromatic rings. The van der Waals surface area contributed by atoms with Crippen LogP contribution in [-0.4, -0.2) is 30.5 Å². The largest absolute Gasteiger partial charge is 0.484 e. The summed E-state index contributed by atoms with van der Waals surface area (Å²) >= 11 is 0. The highest BCUT2D eigenvalue weighted by molar-refractivity contribution is 5.79. The molecule has 0 radical (unpaired) electrons. The molecule has 0 saturated carbocycles. The van der Waals surface area contributed by atoms with E-state index in [-0.39, 0.29) is 18.6 Å². The van der Waals surface area contributed by atoms with E-state index in [0.717, 1.165) is 11.8 Å². The number of fused-ring (bicyclic) bond motifs is 1. The van der Waals surface area contributed by atoms with Gasteiger partial charge in [0.25, 0.3) is 5.91 Å². The van der Waals surface area contributed by atoms with Crippen molar-refractivity contribution in [2.24, 2.45) is 0 Å². The standard InChI is InChI=1S/C16H19NO4/c1-4-11(2)17(3)15(18)10-20-13-7-5-12-6-8-16(19)21-14(12)9-13/h5-9,11H,4,10H2,1-3H3. The Bertz CT molecular complexity index is 692. The summed E-state index contributed by atoms with van der Waals surface area (Å²) in [6.07, 6.45) is 0.892. The Hall–Kier alpha value is -2.30. The molecular weight excluding hydrogens is 270 g/mol. The zero-order valence-corrected chi connectivity index (χ0v) is 12.5. The van der Waals surface area contributed by atoms with Crippen molar-refractivity contribution in [2.75, 3.05) is 13.7 Å². The van der Waals surface area contributed by atoms with Crippen LogP contribution in [0, 0.1) is 0 Å². The first-order chi connectivity index (χ1) is 10.0. The van der Waals surface area contributed by atoms with Crippen molar-refractivity contribution >= 4 is 16.9 Å². The van der Waals surface area contributed by atoms with Gasteiger partial charge in [-0.25, -0.2) is 4.79 Å². The number of amides is 1. The monoisotopic (exact) mass is 289 g/mol. The van der Waals surface area contributed by atoms with Gasteiger partial charge in [-0.05, 0) is 31.5 Å². The van der Waals surface area contributed by atoms with Gasteiger partial charge in [0, 0.05) is 30.6 Å². The molecule has 5 heteroatoms. The Morgan fingerprint density at radius 3 is 2.76 bits per heavy atom. The summed E-state index contributed by atoms with van der Waals surface area (Å²) in [4.78, 5) is 24.8. The molecule has 112 valence electrons. The van der Waals surface area contributed by atoms with Gasteiger partial charge in [-0.2, -0.15) is 0 Å². The first-order valence-corrected chi connectivity index (χ1v) is 6.93. The Balaban J connectivity index is 2.06. The number of hydrogen-bond acceptors (Lipinski definition) is 4. The SMILES string of the molecule is CCC(C)N(C)C(=O)COc1ccc2ccc(=O)oc2c1. The number of rotatable bonds is 5. The van der Waals surface area contributed by atoms with Gasteiger partial charge in [-0.1, -0.05) is 6.92 Å². The van der Waals surface area contributed by atoms with Crippen molar-refractivity contribution in [1.29, 1.82) is 0 Å². The lowest BCUT2D eigenvalue weighted by molar-refractivity contribution is -0.133. The highest BCUT2D eigenvalue weighted by Crippen LogP contribution is 2.19. The van der Waals surface area contributed by atoms with Crippen LogP contribution in [0.3, 0.4) is 0 Å². The molecule has 0 bridgehead atoms. The summed E-state index contributed by atoms with van der Waals surface area (Å²) in [7, 11) is 1.76. The van der Waals surface area contributed by atoms with Crippen molar-refractivity contribution in [3.8, 4) is 5.75 Å². The van der Waals surface area contributed by atoms with Gasteiger partial charge in [-0.3, -0.25) is 4.79 Å². The third kappa shape index (κ3) is 3.62. The third-order valence-electron chi connectivity index (χ3n) is 3.60. The molecule has 1 atom stereocenters. The molecule has 2 rings (SSSR count). The van der Waals surface area contributed by atoms with Crippen LogP contribution >= 0.6 is 0 Å². The average Bonchev–Trinajstić information content (AvgIpc) is 2.50. The quantitative estimate of drug-likeness (QED) is 0.793. The molecule has 1 unspecified atom stereocenters. The van der Waals surface area contributed by atoms with E-state index in [4.69, 9.17) is 9.15 Å². The van der Waals surface area contributed by atoms with Crippen LogP contribution in [-0.2, 0) is 4.79 Å². The Kier molecular flexibility index (Phi) is 4.62. The second-order valence-corrected chi connectivity index (χ2v) is 5.00. The number of ether oxygens (including phenoxy) is 1. The van der Waals surface area contributed by atoms with Crippen LogP contribution in [0.2, 0.25) is 0 Å². The summed E-state index contributed by atoms with van der Waals surface area (Å²) in [5.74, 6) is 0.418. The molecule has 0 aliphatic rings. The molecule has 1 aromatic carbocycles. The maximum Gasteiger partial charge on any atom is 0.336 e. The summed E-state index contributed by atoms with van der Waals surface area (Å²) < 4.78 is 10.6. The van der Waals surface area contributed by atoms with Crippen molar-refractivity contribution in [3.05, 3.63) is 40.8 Å². The van der Waals surface area contributed by atoms with E-state index in [1.54, 1.807) is 36.2 Å². The summed E-state index contributed by atoms with van der Waals surface area (Å²) in [5.41, 5.74) is 0.0370. The fourth-order valence-electron chi connectivity index (χ4n) is 1.90. The van der Waals surface area contributed by atoms with Gasteiger partial charge in [0.15, 0.2) is 6.61 Å². The topological polar surface area (TPSA) is 59.8 Å². The first kappa shape index (κ1) is 15.1. The number of likely N-dealkylation sites (N-methyl/N-ethyl adjacent to an activating group) is 1. The lowest BCUT2D eigenvalue weighted by atomic mass is 10.2. The Morgan fingerprint density at radius 1 is 1.33 bits per heavy atom. The zero-order chi connectivity index (χ0) is 15.4. The van der Waals surface area contributed by atoms with Gasteiger partial charge < -0.3 is 14.1 Å². The summed E-state index contributed by atoms with van der Waals surface area (Å²) in [5, 5.41) is 0.810. The van der Waals surface area contributed by atoms with E-state index in [1.807, 2.05) is 13.8 Å². The number of carbonyl (C=O) groups excluding carboxylic acids is 1. The van der Waals surface area contributed by atoms with Crippen LogP contribution in [0.25, 0.3) is 11.0 Å². The second kappa shape index (κ2) is 6.43. The molecule has 21 heavy (non-hydrogen) atoms. The molecule has 1 heterocycles. The molecular formula is C16H19NO4. The Morgan fingerprint density at radius 2 is 2.05 bits per heavy atom. The van der Waals surface area contributed by atoms with E-state index in [1.165, 1.54) is 6.07 Å². The number of benzene rings is 1. The highest BCUT2D eigenvalue weighted by Gasteiger charge is 2.14. The number of hydrogen-bond donors (Lipinski definition) is 0. The van der Waals surface area contributed by atoms with Crippen molar-refractivity contribution in [3.63, 3.8) is 0 Å². The van der Waals surface area contributed by atoms with Crippen LogP contribution in [0.5, 0.6) is 5.75 Å². The molecule has 0 spiro atoms. The van der Waals surface area contributed by atoms with Crippen molar-refractivity contribution in [2.45, 2.75) is 26.3 Å². The zero-order valence-electron chi connectivity index (χ0n) is 12.5. The van der Waals surface area contributed by atoms with Crippen molar-refractivity contribution in [1.82, 2.24) is 4.90 Å². The van der Waals surface area contributed by atoms with E-state index >= 15 is 0 Å². The highest BCUT2D eigenvalue weighted by atomic mass is 16.5. The van der Waals surface area contributed by atoms with Crippen LogP contribution in [0.15, 0.2) is 39.5 Å². The van der Waals surface area contributed by atoms with E-state index < -0.39 is 5.63 Å². The minimum atomic E-state index is -0.410. The van der Waals surface area contributed by atoms with Crippen LogP contribution in [0.1, 0.15) is 20.3 Å². The van der Waals surface area contributed by atoms with Gasteiger partial charge >= 0.3 is 5.63 Å². The second-order valence-electron chi connectivity index (χ2n) is 5.00. The lowest BCUT2D eigenvalue weighted by Gasteiger charge is -2.23. The third-order valence-corrected chi connectivity index (χ3v) is 3.60. The van der Waals surface area contributed by atoms with E-state index in [2.05, 4.69) is 0 Å². The maximum atomic E-state index is 12.0. The van der Waals surface area contributed by atoms with Crippen molar-refractivity contribution < 1.29 is 13.9 Å². The average molecular weight is 289 g/mol. The van der Waals surface area contributed by atoms with Crippen LogP contribution < -0.4 is 10.4 Å². The van der Waals surface area contributed by atoms with Gasteiger partial charge in [0.1, 0.15) is 11.3 Å². The summed E-state index contributed by atoms with van der Waals surface area (Å²) in [6, 6.07) is 8.39. The predicted octanol–water partition coefficient (Wildman–Crippen LogP) is 2.43. The minimum absolute atomic E-state index is 0.0383. The molecule has 1 amide bonds. The maximum absolute atomic E-state index is 12.0. The molecule has 1 aromatic heterocycles. The molecule has 0 fully saturated rings. The molecule has 0 aliphatic carbocycles. The van der Waals surface area contributed by atoms with Gasteiger partial charge in [0.2, 0.25) is 0 Å². The Labute approximate surface area is 123 Å². The number of nitrogens with zero attached hydrogens (tertiary/aromatic N) is 1. The smallest absolute Gasteiger partial charge is 0.336 e. The first-order valence-electron chi connectivity index (χ1n) is 6.93. The van der Waals surface area contributed by atoms with Gasteiger partial charge in [-0.15, -0.1) is 0 Å². The normalized spacial score (nSPS) is 12.1. The molecule has 0 aliphatic heterocycles. The summed E-state index contributed by atoms with van der Waals surface area (Å²) in [6.45, 7) is 3.98.